The average molecular weight is 279 g/mol. The first-order chi connectivity index (χ1) is 10.3. The van der Waals surface area contributed by atoms with Gasteiger partial charge in [0, 0.05) is 12.7 Å². The van der Waals surface area contributed by atoms with E-state index in [2.05, 4.69) is 54.1 Å². The van der Waals surface area contributed by atoms with Gasteiger partial charge in [0.1, 0.15) is 5.75 Å². The summed E-state index contributed by atoms with van der Waals surface area (Å²) in [5.74, 6) is 0.915. The van der Waals surface area contributed by atoms with Gasteiger partial charge < -0.3 is 9.30 Å². The lowest BCUT2D eigenvalue weighted by Crippen LogP contribution is -2.01. The predicted octanol–water partition coefficient (Wildman–Crippen LogP) is 4.46. The minimum absolute atomic E-state index is 0.915. The van der Waals surface area contributed by atoms with Crippen molar-refractivity contribution in [2.45, 2.75) is 26.3 Å². The largest absolute Gasteiger partial charge is 0.497 e. The number of hydrogen-bond donors (Lipinski definition) is 0. The van der Waals surface area contributed by atoms with Gasteiger partial charge in [0.05, 0.1) is 12.6 Å². The van der Waals surface area contributed by atoms with Crippen molar-refractivity contribution in [1.82, 2.24) is 4.57 Å². The number of benzene rings is 2. The van der Waals surface area contributed by atoms with Gasteiger partial charge in [0.25, 0.3) is 0 Å². The van der Waals surface area contributed by atoms with E-state index in [9.17, 15) is 0 Å². The number of nitrogens with zero attached hydrogens (tertiary/aromatic N) is 1. The maximum absolute atomic E-state index is 5.20. The van der Waals surface area contributed by atoms with Gasteiger partial charge >= 0.3 is 0 Å². The van der Waals surface area contributed by atoms with Crippen molar-refractivity contribution in [2.75, 3.05) is 7.11 Å². The van der Waals surface area contributed by atoms with E-state index in [1.807, 2.05) is 12.1 Å². The Bertz CT molecular complexity index is 725. The Labute approximate surface area is 126 Å². The Morgan fingerprint density at radius 1 is 1.00 bits per heavy atom. The highest BCUT2D eigenvalue weighted by Gasteiger charge is 2.05. The molecular weight excluding hydrogens is 258 g/mol. The van der Waals surface area contributed by atoms with Gasteiger partial charge in [-0.25, -0.2) is 0 Å². The third-order valence-electron chi connectivity index (χ3n) is 4.05. The molecule has 0 saturated heterocycles. The minimum atomic E-state index is 0.915. The van der Waals surface area contributed by atoms with E-state index in [-0.39, 0.29) is 0 Å². The molecule has 0 radical (unpaired) electrons. The Balaban J connectivity index is 1.81. The minimum Gasteiger partial charge on any atom is -0.497 e. The third-order valence-corrected chi connectivity index (χ3v) is 4.05. The van der Waals surface area contributed by atoms with Crippen molar-refractivity contribution in [3.8, 4) is 5.75 Å². The van der Waals surface area contributed by atoms with Gasteiger partial charge in [-0.15, -0.1) is 0 Å². The highest BCUT2D eigenvalue weighted by molar-refractivity contribution is 5.83. The second kappa shape index (κ2) is 6.04. The summed E-state index contributed by atoms with van der Waals surface area (Å²) in [6.45, 7) is 3.22. The number of rotatable bonds is 5. The monoisotopic (exact) mass is 279 g/mol. The molecule has 0 aliphatic heterocycles. The van der Waals surface area contributed by atoms with Crippen molar-refractivity contribution in [1.29, 1.82) is 0 Å². The number of aromatic nitrogens is 1. The number of fused-ring (bicyclic) bond motifs is 1. The van der Waals surface area contributed by atoms with Gasteiger partial charge in [-0.3, -0.25) is 0 Å². The number of hydrogen-bond acceptors (Lipinski definition) is 1. The molecular formula is C19H21NO. The number of ether oxygens (including phenoxy) is 1. The Hall–Kier alpha value is -2.22. The van der Waals surface area contributed by atoms with Crippen LogP contribution in [0.2, 0.25) is 0 Å². The van der Waals surface area contributed by atoms with E-state index < -0.39 is 0 Å². The van der Waals surface area contributed by atoms with E-state index in [4.69, 9.17) is 4.74 Å². The smallest absolute Gasteiger partial charge is 0.118 e. The predicted molar refractivity (Wildman–Crippen MR) is 88.0 cm³/mol. The van der Waals surface area contributed by atoms with Gasteiger partial charge in [-0.05, 0) is 47.6 Å². The van der Waals surface area contributed by atoms with Crippen molar-refractivity contribution >= 4 is 10.9 Å². The van der Waals surface area contributed by atoms with Crippen LogP contribution in [0.3, 0.4) is 0 Å². The highest BCUT2D eigenvalue weighted by atomic mass is 16.5. The molecule has 0 atom stereocenters. The molecule has 2 heteroatoms. The zero-order valence-electron chi connectivity index (χ0n) is 12.7. The normalized spacial score (nSPS) is 11.0. The molecule has 0 saturated carbocycles. The molecule has 3 rings (SSSR count). The lowest BCUT2D eigenvalue weighted by atomic mass is 10.1. The van der Waals surface area contributed by atoms with Crippen LogP contribution in [0.5, 0.6) is 5.75 Å². The average Bonchev–Trinajstić information content (AvgIpc) is 2.96. The highest BCUT2D eigenvalue weighted by Crippen LogP contribution is 2.21. The summed E-state index contributed by atoms with van der Waals surface area (Å²) in [6.07, 6.45) is 4.31. The van der Waals surface area contributed by atoms with Crippen LogP contribution < -0.4 is 4.74 Å². The van der Waals surface area contributed by atoms with E-state index in [0.717, 1.165) is 25.1 Å². The van der Waals surface area contributed by atoms with Gasteiger partial charge in [0.15, 0.2) is 0 Å². The molecule has 0 N–H and O–H groups in total. The maximum atomic E-state index is 5.20. The summed E-state index contributed by atoms with van der Waals surface area (Å²) in [4.78, 5) is 0. The van der Waals surface area contributed by atoms with Crippen molar-refractivity contribution < 1.29 is 4.74 Å². The van der Waals surface area contributed by atoms with E-state index in [0.29, 0.717) is 0 Å². The van der Waals surface area contributed by atoms with Crippen LogP contribution in [-0.4, -0.2) is 11.7 Å². The third kappa shape index (κ3) is 2.80. The standard InChI is InChI=1S/C19H21NO/c1-3-16-5-4-6-17-12-14-20(19(16)17)13-11-15-7-9-18(21-2)10-8-15/h4-10,12,14H,3,11,13H2,1-2H3. The summed E-state index contributed by atoms with van der Waals surface area (Å²) in [5.41, 5.74) is 4.15. The second-order valence-corrected chi connectivity index (χ2v) is 5.32. The van der Waals surface area contributed by atoms with Crippen LogP contribution in [-0.2, 0) is 19.4 Å². The van der Waals surface area contributed by atoms with Crippen molar-refractivity contribution in [2.24, 2.45) is 0 Å². The molecule has 0 spiro atoms. The summed E-state index contributed by atoms with van der Waals surface area (Å²) < 4.78 is 7.58. The Morgan fingerprint density at radius 3 is 2.52 bits per heavy atom. The summed E-state index contributed by atoms with van der Waals surface area (Å²) in [6, 6.07) is 17.1. The lowest BCUT2D eigenvalue weighted by Gasteiger charge is -2.09. The molecule has 2 nitrogen and oxygen atoms in total. The molecule has 1 aromatic heterocycles. The topological polar surface area (TPSA) is 14.2 Å². The first-order valence-corrected chi connectivity index (χ1v) is 7.51. The lowest BCUT2D eigenvalue weighted by molar-refractivity contribution is 0.414. The Kier molecular flexibility index (Phi) is 3.96. The fraction of sp³-hybridized carbons (Fsp3) is 0.263. The number of aryl methyl sites for hydroxylation is 3. The van der Waals surface area contributed by atoms with E-state index >= 15 is 0 Å². The molecule has 0 aliphatic rings. The van der Waals surface area contributed by atoms with Crippen LogP contribution in [0, 0.1) is 0 Å². The summed E-state index contributed by atoms with van der Waals surface area (Å²) >= 11 is 0. The number of methoxy groups -OCH3 is 1. The van der Waals surface area contributed by atoms with E-state index in [1.165, 1.54) is 22.0 Å². The van der Waals surface area contributed by atoms with Gasteiger partial charge in [-0.1, -0.05) is 37.3 Å². The summed E-state index contributed by atoms with van der Waals surface area (Å²) in [7, 11) is 1.70. The fourth-order valence-corrected chi connectivity index (χ4v) is 2.85. The first kappa shape index (κ1) is 13.7. The molecule has 108 valence electrons. The van der Waals surface area contributed by atoms with Crippen molar-refractivity contribution in [3.63, 3.8) is 0 Å². The van der Waals surface area contributed by atoms with Crippen LogP contribution >= 0.6 is 0 Å². The summed E-state index contributed by atoms with van der Waals surface area (Å²) in [5, 5.41) is 1.34. The molecule has 2 aromatic carbocycles. The zero-order valence-corrected chi connectivity index (χ0v) is 12.7. The van der Waals surface area contributed by atoms with Crippen molar-refractivity contribution in [3.05, 3.63) is 65.9 Å². The molecule has 1 heterocycles. The molecule has 0 amide bonds. The molecule has 0 aliphatic carbocycles. The SMILES string of the molecule is CCc1cccc2ccn(CCc3ccc(OC)cc3)c12. The quantitative estimate of drug-likeness (QED) is 0.673. The van der Waals surface area contributed by atoms with Gasteiger partial charge in [0.2, 0.25) is 0 Å². The van der Waals surface area contributed by atoms with Crippen LogP contribution in [0.1, 0.15) is 18.1 Å². The first-order valence-electron chi connectivity index (χ1n) is 7.51. The molecule has 0 fully saturated rings. The molecule has 21 heavy (non-hydrogen) atoms. The van der Waals surface area contributed by atoms with Crippen LogP contribution in [0.15, 0.2) is 54.7 Å². The number of para-hydroxylation sites is 1. The van der Waals surface area contributed by atoms with Gasteiger partial charge in [-0.2, -0.15) is 0 Å². The molecule has 0 bridgehead atoms. The molecule has 0 unspecified atom stereocenters. The maximum Gasteiger partial charge on any atom is 0.118 e. The zero-order chi connectivity index (χ0) is 14.7. The van der Waals surface area contributed by atoms with E-state index in [1.54, 1.807) is 7.11 Å². The van der Waals surface area contributed by atoms with Crippen LogP contribution in [0.4, 0.5) is 0 Å². The van der Waals surface area contributed by atoms with Crippen LogP contribution in [0.25, 0.3) is 10.9 Å². The second-order valence-electron chi connectivity index (χ2n) is 5.32. The Morgan fingerprint density at radius 2 is 1.81 bits per heavy atom. The molecule has 3 aromatic rings. The fourth-order valence-electron chi connectivity index (χ4n) is 2.85.